The second-order valence-corrected chi connectivity index (χ2v) is 3.84. The van der Waals surface area contributed by atoms with Crippen molar-refractivity contribution in [1.29, 1.82) is 0 Å². The van der Waals surface area contributed by atoms with E-state index in [1.54, 1.807) is 6.92 Å². The van der Waals surface area contributed by atoms with Gasteiger partial charge in [0.25, 0.3) is 5.91 Å². The van der Waals surface area contributed by atoms with Crippen molar-refractivity contribution >= 4 is 23.4 Å². The fraction of sp³-hybridized carbons (Fsp3) is 0.364. The highest BCUT2D eigenvalue weighted by Crippen LogP contribution is 2.06. The highest BCUT2D eigenvalue weighted by Gasteiger charge is 2.15. The van der Waals surface area contributed by atoms with Crippen LogP contribution in [-0.2, 0) is 4.79 Å². The van der Waals surface area contributed by atoms with Crippen LogP contribution in [0.1, 0.15) is 24.2 Å². The third kappa shape index (κ3) is 4.03. The van der Waals surface area contributed by atoms with Crippen LogP contribution in [-0.4, -0.2) is 29.4 Å². The first-order valence-electron chi connectivity index (χ1n) is 5.24. The van der Waals surface area contributed by atoms with Crippen molar-refractivity contribution in [2.45, 2.75) is 19.9 Å². The lowest BCUT2D eigenvalue weighted by molar-refractivity contribution is -0.122. The summed E-state index contributed by atoms with van der Waals surface area (Å²) >= 11 is 5.67. The Morgan fingerprint density at radius 3 is 2.82 bits per heavy atom. The molecule has 2 N–H and O–H groups in total. The number of rotatable bonds is 4. The van der Waals surface area contributed by atoms with E-state index in [9.17, 15) is 9.59 Å². The fourth-order valence-corrected chi connectivity index (χ4v) is 1.39. The van der Waals surface area contributed by atoms with Crippen molar-refractivity contribution in [2.24, 2.45) is 0 Å². The molecule has 6 heteroatoms. The monoisotopic (exact) mass is 255 g/mol. The predicted octanol–water partition coefficient (Wildman–Crippen LogP) is 0.989. The van der Waals surface area contributed by atoms with E-state index in [0.29, 0.717) is 12.1 Å². The number of hydrogen-bond acceptors (Lipinski definition) is 3. The normalized spacial score (nSPS) is 11.7. The molecule has 1 unspecified atom stereocenters. The summed E-state index contributed by atoms with van der Waals surface area (Å²) in [5.41, 5.74) is 0.376. The van der Waals surface area contributed by atoms with E-state index >= 15 is 0 Å². The van der Waals surface area contributed by atoms with Crippen molar-refractivity contribution in [2.75, 3.05) is 6.54 Å². The van der Waals surface area contributed by atoms with Gasteiger partial charge in [-0.2, -0.15) is 0 Å². The highest BCUT2D eigenvalue weighted by molar-refractivity contribution is 6.29. The van der Waals surface area contributed by atoms with Crippen LogP contribution in [0.4, 0.5) is 0 Å². The summed E-state index contributed by atoms with van der Waals surface area (Å²) in [7, 11) is 0. The van der Waals surface area contributed by atoms with Gasteiger partial charge in [-0.1, -0.05) is 11.6 Å². The number of aromatic nitrogens is 1. The summed E-state index contributed by atoms with van der Waals surface area (Å²) in [4.78, 5) is 26.9. The minimum atomic E-state index is -0.589. The first-order chi connectivity index (χ1) is 8.04. The Morgan fingerprint density at radius 2 is 2.24 bits per heavy atom. The summed E-state index contributed by atoms with van der Waals surface area (Å²) in [5.74, 6) is -0.575. The summed E-state index contributed by atoms with van der Waals surface area (Å²) < 4.78 is 0. The van der Waals surface area contributed by atoms with Gasteiger partial charge in [0, 0.05) is 18.3 Å². The number of hydrogen-bond donors (Lipinski definition) is 2. The van der Waals surface area contributed by atoms with Crippen molar-refractivity contribution in [3.63, 3.8) is 0 Å². The molecule has 0 aliphatic heterocycles. The van der Waals surface area contributed by atoms with E-state index in [-0.39, 0.29) is 17.0 Å². The van der Waals surface area contributed by atoms with Crippen LogP contribution in [0.3, 0.4) is 0 Å². The van der Waals surface area contributed by atoms with Crippen molar-refractivity contribution in [1.82, 2.24) is 15.6 Å². The molecule has 1 atom stereocenters. The van der Waals surface area contributed by atoms with Gasteiger partial charge in [0.15, 0.2) is 0 Å². The summed E-state index contributed by atoms with van der Waals surface area (Å²) in [6, 6.07) is 2.39. The zero-order chi connectivity index (χ0) is 12.8. The third-order valence-corrected chi connectivity index (χ3v) is 2.29. The number of amides is 2. The molecule has 1 aromatic heterocycles. The summed E-state index contributed by atoms with van der Waals surface area (Å²) in [6.07, 6.45) is 1.44. The Morgan fingerprint density at radius 1 is 1.53 bits per heavy atom. The lowest BCUT2D eigenvalue weighted by Crippen LogP contribution is -2.44. The number of nitrogens with zero attached hydrogens (tertiary/aromatic N) is 1. The van der Waals surface area contributed by atoms with Gasteiger partial charge in [0.2, 0.25) is 5.91 Å². The van der Waals surface area contributed by atoms with Crippen molar-refractivity contribution in [3.8, 4) is 0 Å². The number of pyridine rings is 1. The Labute approximate surface area is 105 Å². The van der Waals surface area contributed by atoms with Crippen LogP contribution in [0.5, 0.6) is 0 Å². The molecule has 1 heterocycles. The molecule has 0 aliphatic rings. The van der Waals surface area contributed by atoms with E-state index in [2.05, 4.69) is 15.6 Å². The topological polar surface area (TPSA) is 71.1 Å². The van der Waals surface area contributed by atoms with Crippen molar-refractivity contribution < 1.29 is 9.59 Å². The molecular formula is C11H14ClN3O2. The Bertz CT molecular complexity index is 423. The van der Waals surface area contributed by atoms with Gasteiger partial charge in [-0.3, -0.25) is 9.59 Å². The maximum absolute atomic E-state index is 11.7. The lowest BCUT2D eigenvalue weighted by Gasteiger charge is -2.13. The number of carbonyl (C=O) groups excluding carboxylic acids is 2. The van der Waals surface area contributed by atoms with Gasteiger partial charge < -0.3 is 10.6 Å². The molecule has 0 fully saturated rings. The molecule has 1 aromatic rings. The second kappa shape index (κ2) is 6.20. The molecule has 0 aromatic carbocycles. The molecular weight excluding hydrogens is 242 g/mol. The molecule has 1 rings (SSSR count). The van der Waals surface area contributed by atoms with Gasteiger partial charge in [0.05, 0.1) is 0 Å². The molecule has 5 nitrogen and oxygen atoms in total. The van der Waals surface area contributed by atoms with Crippen LogP contribution in [0, 0.1) is 0 Å². The molecule has 0 saturated heterocycles. The van der Waals surface area contributed by atoms with Crippen LogP contribution >= 0.6 is 11.6 Å². The van der Waals surface area contributed by atoms with Gasteiger partial charge in [-0.05, 0) is 26.0 Å². The summed E-state index contributed by atoms with van der Waals surface area (Å²) in [5, 5.41) is 5.43. The van der Waals surface area contributed by atoms with Crippen LogP contribution in [0.25, 0.3) is 0 Å². The first-order valence-corrected chi connectivity index (χ1v) is 5.62. The smallest absolute Gasteiger partial charge is 0.252 e. The van der Waals surface area contributed by atoms with E-state index in [1.165, 1.54) is 18.3 Å². The molecule has 0 aliphatic carbocycles. The SMILES string of the molecule is CCNC(=O)C(C)NC(=O)c1ccnc(Cl)c1. The standard InChI is InChI=1S/C11H14ClN3O2/c1-3-13-10(16)7(2)15-11(17)8-4-5-14-9(12)6-8/h4-7H,3H2,1-2H3,(H,13,16)(H,15,17). The first kappa shape index (κ1) is 13.4. The zero-order valence-corrected chi connectivity index (χ0v) is 10.4. The molecule has 0 radical (unpaired) electrons. The minimum Gasteiger partial charge on any atom is -0.355 e. The van der Waals surface area contributed by atoms with E-state index in [1.807, 2.05) is 6.92 Å². The van der Waals surface area contributed by atoms with Crippen LogP contribution in [0.2, 0.25) is 5.15 Å². The molecule has 17 heavy (non-hydrogen) atoms. The Hall–Kier alpha value is -1.62. The van der Waals surface area contributed by atoms with Crippen molar-refractivity contribution in [3.05, 3.63) is 29.0 Å². The van der Waals surface area contributed by atoms with E-state index in [0.717, 1.165) is 0 Å². The maximum atomic E-state index is 11.7. The van der Waals surface area contributed by atoms with Crippen LogP contribution in [0.15, 0.2) is 18.3 Å². The van der Waals surface area contributed by atoms with Gasteiger partial charge >= 0.3 is 0 Å². The predicted molar refractivity (Wildman–Crippen MR) is 64.9 cm³/mol. The average Bonchev–Trinajstić information content (AvgIpc) is 2.29. The number of likely N-dealkylation sites (N-methyl/N-ethyl adjacent to an activating group) is 1. The fourth-order valence-electron chi connectivity index (χ4n) is 1.22. The van der Waals surface area contributed by atoms with E-state index < -0.39 is 6.04 Å². The lowest BCUT2D eigenvalue weighted by atomic mass is 10.2. The van der Waals surface area contributed by atoms with Gasteiger partial charge in [0.1, 0.15) is 11.2 Å². The molecule has 0 saturated carbocycles. The third-order valence-electron chi connectivity index (χ3n) is 2.08. The Kier molecular flexibility index (Phi) is 4.90. The molecule has 2 amide bonds. The van der Waals surface area contributed by atoms with Crippen LogP contribution < -0.4 is 10.6 Å². The highest BCUT2D eigenvalue weighted by atomic mass is 35.5. The minimum absolute atomic E-state index is 0.221. The van der Waals surface area contributed by atoms with Gasteiger partial charge in [-0.25, -0.2) is 4.98 Å². The average molecular weight is 256 g/mol. The summed E-state index contributed by atoms with van der Waals surface area (Å²) in [6.45, 7) is 3.96. The van der Waals surface area contributed by atoms with Gasteiger partial charge in [-0.15, -0.1) is 0 Å². The Balaban J connectivity index is 2.63. The molecule has 0 spiro atoms. The number of halogens is 1. The maximum Gasteiger partial charge on any atom is 0.252 e. The second-order valence-electron chi connectivity index (χ2n) is 3.46. The number of nitrogens with one attached hydrogen (secondary N) is 2. The molecule has 92 valence electrons. The number of carbonyl (C=O) groups is 2. The zero-order valence-electron chi connectivity index (χ0n) is 9.66. The molecule has 0 bridgehead atoms. The van der Waals surface area contributed by atoms with E-state index in [4.69, 9.17) is 11.6 Å². The largest absolute Gasteiger partial charge is 0.355 e. The quantitative estimate of drug-likeness (QED) is 0.789.